The van der Waals surface area contributed by atoms with E-state index in [1.165, 1.54) is 25.3 Å². The molecule has 1 rings (SSSR count). The van der Waals surface area contributed by atoms with Crippen LogP contribution in [0.25, 0.3) is 0 Å². The van der Waals surface area contributed by atoms with Crippen LogP contribution in [0.5, 0.6) is 0 Å². The Labute approximate surface area is 89.1 Å². The standard InChI is InChI=1S/C12H15F2O/c1-8(2)7-11(15-3)12-9(13)5-4-6-10(12)14/h4-6,8H,7H2,1-3H3. The summed E-state index contributed by atoms with van der Waals surface area (Å²) in [7, 11) is 1.43. The van der Waals surface area contributed by atoms with Crippen LogP contribution in [0, 0.1) is 23.7 Å². The highest BCUT2D eigenvalue weighted by Crippen LogP contribution is 2.27. The molecule has 0 spiro atoms. The SMILES string of the molecule is CO[C](CC(C)C)c1c(F)cccc1F. The van der Waals surface area contributed by atoms with E-state index in [1.54, 1.807) is 0 Å². The Hall–Kier alpha value is -0.960. The van der Waals surface area contributed by atoms with Crippen LogP contribution in [0.2, 0.25) is 0 Å². The normalized spacial score (nSPS) is 11.4. The van der Waals surface area contributed by atoms with Gasteiger partial charge in [0.25, 0.3) is 0 Å². The molecule has 0 aliphatic heterocycles. The van der Waals surface area contributed by atoms with Crippen LogP contribution in [0.15, 0.2) is 18.2 Å². The van der Waals surface area contributed by atoms with Crippen LogP contribution in [0.3, 0.4) is 0 Å². The molecular formula is C12H15F2O. The quantitative estimate of drug-likeness (QED) is 0.743. The summed E-state index contributed by atoms with van der Waals surface area (Å²) >= 11 is 0. The highest BCUT2D eigenvalue weighted by Gasteiger charge is 2.21. The van der Waals surface area contributed by atoms with E-state index < -0.39 is 11.6 Å². The molecule has 0 fully saturated rings. The van der Waals surface area contributed by atoms with Gasteiger partial charge in [0.2, 0.25) is 0 Å². The third-order valence-electron chi connectivity index (χ3n) is 2.08. The molecule has 83 valence electrons. The fourth-order valence-corrected chi connectivity index (χ4v) is 1.42. The Morgan fingerprint density at radius 3 is 2.20 bits per heavy atom. The predicted molar refractivity (Wildman–Crippen MR) is 55.2 cm³/mol. The van der Waals surface area contributed by atoms with Crippen LogP contribution in [-0.2, 0) is 4.74 Å². The van der Waals surface area contributed by atoms with E-state index in [0.717, 1.165) is 0 Å². The van der Waals surface area contributed by atoms with Crippen molar-refractivity contribution < 1.29 is 13.5 Å². The van der Waals surface area contributed by atoms with E-state index in [1.807, 2.05) is 13.8 Å². The molecule has 0 saturated carbocycles. The van der Waals surface area contributed by atoms with E-state index in [0.29, 0.717) is 18.4 Å². The van der Waals surface area contributed by atoms with Crippen molar-refractivity contribution in [2.45, 2.75) is 20.3 Å². The summed E-state index contributed by atoms with van der Waals surface area (Å²) in [6, 6.07) is 3.81. The van der Waals surface area contributed by atoms with Crippen LogP contribution >= 0.6 is 0 Å². The smallest absolute Gasteiger partial charge is 0.132 e. The van der Waals surface area contributed by atoms with E-state index in [-0.39, 0.29) is 5.56 Å². The fourth-order valence-electron chi connectivity index (χ4n) is 1.42. The van der Waals surface area contributed by atoms with Crippen molar-refractivity contribution in [3.63, 3.8) is 0 Å². The van der Waals surface area contributed by atoms with Gasteiger partial charge in [0.15, 0.2) is 0 Å². The zero-order valence-electron chi connectivity index (χ0n) is 9.18. The maximum Gasteiger partial charge on any atom is 0.132 e. The largest absolute Gasteiger partial charge is 0.370 e. The van der Waals surface area contributed by atoms with E-state index in [2.05, 4.69) is 0 Å². The second-order valence-corrected chi connectivity index (χ2v) is 3.82. The lowest BCUT2D eigenvalue weighted by Gasteiger charge is -2.17. The van der Waals surface area contributed by atoms with Crippen LogP contribution < -0.4 is 0 Å². The van der Waals surface area contributed by atoms with Crippen molar-refractivity contribution in [1.82, 2.24) is 0 Å². The number of rotatable bonds is 4. The summed E-state index contributed by atoms with van der Waals surface area (Å²) in [5, 5.41) is 0. The molecule has 0 N–H and O–H groups in total. The van der Waals surface area contributed by atoms with Gasteiger partial charge in [-0.3, -0.25) is 0 Å². The van der Waals surface area contributed by atoms with Gasteiger partial charge in [-0.15, -0.1) is 0 Å². The lowest BCUT2D eigenvalue weighted by molar-refractivity contribution is 0.198. The van der Waals surface area contributed by atoms with E-state index in [4.69, 9.17) is 4.74 Å². The molecule has 0 saturated heterocycles. The fraction of sp³-hybridized carbons (Fsp3) is 0.417. The van der Waals surface area contributed by atoms with Gasteiger partial charge in [0, 0.05) is 7.11 Å². The Kier molecular flexibility index (Phi) is 4.21. The van der Waals surface area contributed by atoms with Gasteiger partial charge < -0.3 is 4.74 Å². The molecular weight excluding hydrogens is 198 g/mol. The number of methoxy groups -OCH3 is 1. The summed E-state index contributed by atoms with van der Waals surface area (Å²) in [4.78, 5) is 0. The minimum absolute atomic E-state index is 0.0475. The van der Waals surface area contributed by atoms with Crippen molar-refractivity contribution in [2.24, 2.45) is 5.92 Å². The number of ether oxygens (including phenoxy) is 1. The Bertz CT molecular complexity index is 303. The average molecular weight is 213 g/mol. The molecule has 0 unspecified atom stereocenters. The van der Waals surface area contributed by atoms with E-state index in [9.17, 15) is 8.78 Å². The highest BCUT2D eigenvalue weighted by atomic mass is 19.1. The lowest BCUT2D eigenvalue weighted by Crippen LogP contribution is -2.10. The minimum Gasteiger partial charge on any atom is -0.370 e. The monoisotopic (exact) mass is 213 g/mol. The number of hydrogen-bond donors (Lipinski definition) is 0. The second-order valence-electron chi connectivity index (χ2n) is 3.82. The van der Waals surface area contributed by atoms with Crippen molar-refractivity contribution in [3.05, 3.63) is 41.5 Å². The zero-order chi connectivity index (χ0) is 11.4. The Morgan fingerprint density at radius 1 is 1.27 bits per heavy atom. The molecule has 1 nitrogen and oxygen atoms in total. The van der Waals surface area contributed by atoms with Gasteiger partial charge in [-0.2, -0.15) is 0 Å². The first-order valence-electron chi connectivity index (χ1n) is 4.90. The first-order chi connectivity index (χ1) is 7.06. The molecule has 15 heavy (non-hydrogen) atoms. The Morgan fingerprint density at radius 2 is 1.80 bits per heavy atom. The van der Waals surface area contributed by atoms with Crippen LogP contribution in [0.1, 0.15) is 25.8 Å². The highest BCUT2D eigenvalue weighted by molar-refractivity contribution is 5.30. The lowest BCUT2D eigenvalue weighted by atomic mass is 9.98. The van der Waals surface area contributed by atoms with Crippen molar-refractivity contribution in [3.8, 4) is 0 Å². The molecule has 0 heterocycles. The molecule has 1 aromatic rings. The summed E-state index contributed by atoms with van der Waals surface area (Å²) in [6.07, 6.45) is 0.884. The topological polar surface area (TPSA) is 9.23 Å². The number of hydrogen-bond acceptors (Lipinski definition) is 1. The Balaban J connectivity index is 3.00. The van der Waals surface area contributed by atoms with Gasteiger partial charge in [-0.1, -0.05) is 19.9 Å². The third-order valence-corrected chi connectivity index (χ3v) is 2.08. The van der Waals surface area contributed by atoms with Gasteiger partial charge >= 0.3 is 0 Å². The summed E-state index contributed by atoms with van der Waals surface area (Å²) < 4.78 is 31.8. The van der Waals surface area contributed by atoms with Gasteiger partial charge in [0.1, 0.15) is 17.7 Å². The molecule has 1 aromatic carbocycles. The van der Waals surface area contributed by atoms with Gasteiger partial charge in [-0.05, 0) is 24.5 Å². The first-order valence-corrected chi connectivity index (χ1v) is 4.90. The number of benzene rings is 1. The first kappa shape index (κ1) is 12.1. The van der Waals surface area contributed by atoms with Crippen LogP contribution in [0.4, 0.5) is 8.78 Å². The molecule has 3 heteroatoms. The zero-order valence-corrected chi connectivity index (χ0v) is 9.18. The van der Waals surface area contributed by atoms with Crippen molar-refractivity contribution >= 4 is 0 Å². The maximum atomic E-state index is 13.4. The molecule has 0 atom stereocenters. The van der Waals surface area contributed by atoms with Crippen molar-refractivity contribution in [1.29, 1.82) is 0 Å². The second kappa shape index (κ2) is 5.21. The minimum atomic E-state index is -0.576. The third kappa shape index (κ3) is 2.99. The number of halogens is 2. The summed E-state index contributed by atoms with van der Waals surface area (Å²) in [5.41, 5.74) is -0.0475. The maximum absolute atomic E-state index is 13.4. The average Bonchev–Trinajstić information content (AvgIpc) is 2.15. The molecule has 1 radical (unpaired) electrons. The van der Waals surface area contributed by atoms with E-state index >= 15 is 0 Å². The van der Waals surface area contributed by atoms with Crippen molar-refractivity contribution in [2.75, 3.05) is 7.11 Å². The summed E-state index contributed by atoms with van der Waals surface area (Å²) in [6.45, 7) is 3.94. The molecule has 0 aliphatic carbocycles. The van der Waals surface area contributed by atoms with Gasteiger partial charge in [-0.25, -0.2) is 8.78 Å². The van der Waals surface area contributed by atoms with Gasteiger partial charge in [0.05, 0.1) is 5.56 Å². The van der Waals surface area contributed by atoms with Crippen LogP contribution in [-0.4, -0.2) is 7.11 Å². The summed E-state index contributed by atoms with van der Waals surface area (Å²) in [5.74, 6) is -0.862. The molecule has 0 aliphatic rings. The predicted octanol–water partition coefficient (Wildman–Crippen LogP) is 3.54. The molecule has 0 amide bonds. The molecule has 0 bridgehead atoms. The molecule has 0 aromatic heterocycles.